The summed E-state index contributed by atoms with van der Waals surface area (Å²) in [6.07, 6.45) is 3.27. The molecule has 2 aromatic heterocycles. The summed E-state index contributed by atoms with van der Waals surface area (Å²) in [5.74, 6) is 0.475. The van der Waals surface area contributed by atoms with Crippen LogP contribution in [0.25, 0.3) is 16.0 Å². The van der Waals surface area contributed by atoms with Crippen molar-refractivity contribution in [1.82, 2.24) is 14.5 Å². The van der Waals surface area contributed by atoms with Crippen LogP contribution in [-0.4, -0.2) is 45.6 Å². The molecule has 200 valence electrons. The molecule has 1 atom stereocenters. The first kappa shape index (κ1) is 26.8. The number of carbonyl (C=O) groups excluding carboxylic acids is 1. The number of fused-ring (bicyclic) bond motifs is 1. The number of carbonyl (C=O) groups is 1. The van der Waals surface area contributed by atoms with Crippen LogP contribution >= 0.6 is 34.5 Å². The normalized spacial score (nSPS) is 15.7. The molecule has 1 fully saturated rings. The van der Waals surface area contributed by atoms with Gasteiger partial charge < -0.3 is 20.1 Å². The van der Waals surface area contributed by atoms with E-state index in [0.29, 0.717) is 32.5 Å². The van der Waals surface area contributed by atoms with Gasteiger partial charge in [0.05, 0.1) is 16.1 Å². The van der Waals surface area contributed by atoms with Crippen molar-refractivity contribution in [1.29, 1.82) is 0 Å². The second kappa shape index (κ2) is 11.1. The SMILES string of the molecule is CC(Oc1cc(-n2cnc3cc(Cl)ccc32)sc1C(N)=O)c1cccc(OC2CCN(C(C)C)CC2)c1Cl. The number of piperidine rings is 1. The van der Waals surface area contributed by atoms with Crippen LogP contribution < -0.4 is 15.2 Å². The number of primary amides is 1. The summed E-state index contributed by atoms with van der Waals surface area (Å²) in [6, 6.07) is 13.5. The van der Waals surface area contributed by atoms with Crippen molar-refractivity contribution in [2.75, 3.05) is 13.1 Å². The fourth-order valence-corrected chi connectivity index (χ4v) is 6.20. The molecule has 0 spiro atoms. The second-order valence-corrected chi connectivity index (χ2v) is 11.6. The molecule has 0 saturated carbocycles. The minimum atomic E-state index is -0.563. The van der Waals surface area contributed by atoms with Crippen LogP contribution in [0.2, 0.25) is 10.0 Å². The Morgan fingerprint density at radius 2 is 1.87 bits per heavy atom. The van der Waals surface area contributed by atoms with E-state index in [9.17, 15) is 4.79 Å². The number of aromatic nitrogens is 2. The molecule has 1 aliphatic heterocycles. The average molecular weight is 574 g/mol. The maximum Gasteiger partial charge on any atom is 0.262 e. The highest BCUT2D eigenvalue weighted by Crippen LogP contribution is 2.39. The molecule has 1 aliphatic rings. The van der Waals surface area contributed by atoms with Gasteiger partial charge >= 0.3 is 0 Å². The number of benzene rings is 2. The van der Waals surface area contributed by atoms with Crippen molar-refractivity contribution in [2.45, 2.75) is 51.9 Å². The van der Waals surface area contributed by atoms with Gasteiger partial charge in [-0.25, -0.2) is 4.98 Å². The highest BCUT2D eigenvalue weighted by Gasteiger charge is 2.25. The number of imidazole rings is 1. The first-order chi connectivity index (χ1) is 18.2. The topological polar surface area (TPSA) is 82.6 Å². The number of hydrogen-bond donors (Lipinski definition) is 1. The molecule has 10 heteroatoms. The predicted molar refractivity (Wildman–Crippen MR) is 153 cm³/mol. The fourth-order valence-electron chi connectivity index (χ4n) is 4.78. The number of rotatable bonds is 8. The summed E-state index contributed by atoms with van der Waals surface area (Å²) < 4.78 is 14.5. The average Bonchev–Trinajstić information content (AvgIpc) is 3.49. The van der Waals surface area contributed by atoms with E-state index in [1.54, 1.807) is 24.5 Å². The number of hydrogen-bond acceptors (Lipinski definition) is 6. The standard InChI is InChI=1S/C28H30Cl2N4O3S/c1-16(2)33-11-9-19(10-12-33)37-23-6-4-5-20(26(23)30)17(3)36-24-14-25(38-27(24)28(31)35)34-15-32-21-13-18(29)7-8-22(21)34/h4-8,13-17,19H,9-12H2,1-3H3,(H2,31,35). The molecule has 0 aliphatic carbocycles. The fraction of sp³-hybridized carbons (Fsp3) is 0.357. The lowest BCUT2D eigenvalue weighted by Crippen LogP contribution is -2.41. The van der Waals surface area contributed by atoms with Crippen LogP contribution in [0.15, 0.2) is 48.8 Å². The van der Waals surface area contributed by atoms with E-state index >= 15 is 0 Å². The lowest BCUT2D eigenvalue weighted by atomic mass is 10.1. The molecule has 7 nitrogen and oxygen atoms in total. The quantitative estimate of drug-likeness (QED) is 0.248. The summed E-state index contributed by atoms with van der Waals surface area (Å²) in [5, 5.41) is 1.87. The van der Waals surface area contributed by atoms with Gasteiger partial charge in [0.2, 0.25) is 0 Å². The molecular weight excluding hydrogens is 543 g/mol. The molecule has 5 rings (SSSR count). The van der Waals surface area contributed by atoms with Gasteiger partial charge in [0.15, 0.2) is 0 Å². The Bertz CT molecular complexity index is 1460. The Hall–Kier alpha value is -2.78. The lowest BCUT2D eigenvalue weighted by molar-refractivity contribution is 0.0841. The van der Waals surface area contributed by atoms with Crippen LogP contribution in [0.3, 0.4) is 0 Å². The third-order valence-corrected chi connectivity index (χ3v) is 8.66. The number of likely N-dealkylation sites (tertiary alicyclic amines) is 1. The van der Waals surface area contributed by atoms with Gasteiger partial charge in [-0.1, -0.05) is 35.3 Å². The third kappa shape index (κ3) is 5.50. The number of nitrogens with zero attached hydrogens (tertiary/aromatic N) is 3. The van der Waals surface area contributed by atoms with E-state index in [4.69, 9.17) is 38.4 Å². The summed E-state index contributed by atoms with van der Waals surface area (Å²) in [4.78, 5) is 19.5. The van der Waals surface area contributed by atoms with Gasteiger partial charge in [-0.05, 0) is 57.9 Å². The molecular formula is C28H30Cl2N4O3S. The zero-order chi connectivity index (χ0) is 27.0. The van der Waals surface area contributed by atoms with Gasteiger partial charge in [0.25, 0.3) is 5.91 Å². The number of ether oxygens (including phenoxy) is 2. The Morgan fingerprint density at radius 3 is 2.58 bits per heavy atom. The van der Waals surface area contributed by atoms with Gasteiger partial charge in [0, 0.05) is 35.8 Å². The smallest absolute Gasteiger partial charge is 0.262 e. The zero-order valence-corrected chi connectivity index (χ0v) is 23.8. The van der Waals surface area contributed by atoms with E-state index in [1.807, 2.05) is 35.8 Å². The van der Waals surface area contributed by atoms with Gasteiger partial charge in [-0.3, -0.25) is 9.36 Å². The Balaban J connectivity index is 1.36. The second-order valence-electron chi connectivity index (χ2n) is 9.76. The third-order valence-electron chi connectivity index (χ3n) is 6.89. The monoisotopic (exact) mass is 572 g/mol. The van der Waals surface area contributed by atoms with E-state index in [-0.39, 0.29) is 6.10 Å². The summed E-state index contributed by atoms with van der Waals surface area (Å²) in [5.41, 5.74) is 8.10. The lowest BCUT2D eigenvalue weighted by Gasteiger charge is -2.34. The minimum absolute atomic E-state index is 0.120. The minimum Gasteiger partial charge on any atom is -0.489 e. The highest BCUT2D eigenvalue weighted by molar-refractivity contribution is 7.16. The van der Waals surface area contributed by atoms with Crippen molar-refractivity contribution in [3.63, 3.8) is 0 Å². The summed E-state index contributed by atoms with van der Waals surface area (Å²) >= 11 is 14.2. The van der Waals surface area contributed by atoms with Crippen LogP contribution in [0.1, 0.15) is 55.0 Å². The van der Waals surface area contributed by atoms with E-state index < -0.39 is 12.0 Å². The van der Waals surface area contributed by atoms with Crippen LogP contribution in [0.4, 0.5) is 0 Å². The highest BCUT2D eigenvalue weighted by atomic mass is 35.5. The maximum absolute atomic E-state index is 12.3. The molecule has 1 saturated heterocycles. The molecule has 1 unspecified atom stereocenters. The van der Waals surface area contributed by atoms with Gasteiger partial charge in [0.1, 0.15) is 39.9 Å². The number of nitrogens with two attached hydrogens (primary N) is 1. The van der Waals surface area contributed by atoms with Gasteiger partial charge in [-0.2, -0.15) is 0 Å². The summed E-state index contributed by atoms with van der Waals surface area (Å²) in [6.45, 7) is 8.35. The molecule has 0 bridgehead atoms. The van der Waals surface area contributed by atoms with E-state index in [1.165, 1.54) is 11.3 Å². The van der Waals surface area contributed by atoms with Crippen LogP contribution in [0, 0.1) is 0 Å². The van der Waals surface area contributed by atoms with Crippen molar-refractivity contribution in [2.24, 2.45) is 5.73 Å². The number of halogens is 2. The van der Waals surface area contributed by atoms with Crippen LogP contribution in [-0.2, 0) is 0 Å². The Kier molecular flexibility index (Phi) is 7.86. The molecule has 38 heavy (non-hydrogen) atoms. The number of thiophene rings is 1. The Labute approximate surface area is 236 Å². The van der Waals surface area contributed by atoms with Crippen molar-refractivity contribution in [3.05, 3.63) is 69.3 Å². The molecule has 3 heterocycles. The Morgan fingerprint density at radius 1 is 1.11 bits per heavy atom. The van der Waals surface area contributed by atoms with E-state index in [0.717, 1.165) is 47.5 Å². The molecule has 4 aromatic rings. The van der Waals surface area contributed by atoms with E-state index in [2.05, 4.69) is 23.7 Å². The predicted octanol–water partition coefficient (Wildman–Crippen LogP) is 6.88. The summed E-state index contributed by atoms with van der Waals surface area (Å²) in [7, 11) is 0. The first-order valence-corrected chi connectivity index (χ1v) is 14.2. The molecule has 2 N–H and O–H groups in total. The zero-order valence-electron chi connectivity index (χ0n) is 21.5. The van der Waals surface area contributed by atoms with Crippen molar-refractivity contribution >= 4 is 51.5 Å². The van der Waals surface area contributed by atoms with Crippen LogP contribution in [0.5, 0.6) is 11.5 Å². The molecule has 2 aromatic carbocycles. The molecule has 1 amide bonds. The van der Waals surface area contributed by atoms with Gasteiger partial charge in [-0.15, -0.1) is 11.3 Å². The van der Waals surface area contributed by atoms with Crippen molar-refractivity contribution < 1.29 is 14.3 Å². The largest absolute Gasteiger partial charge is 0.489 e. The number of amides is 1. The van der Waals surface area contributed by atoms with Crippen molar-refractivity contribution in [3.8, 4) is 16.5 Å². The molecule has 0 radical (unpaired) electrons. The maximum atomic E-state index is 12.3. The first-order valence-electron chi connectivity index (χ1n) is 12.6.